The van der Waals surface area contributed by atoms with Crippen molar-refractivity contribution < 1.29 is 1.37 Å². The maximum Gasteiger partial charge on any atom is 0.160 e. The summed E-state index contributed by atoms with van der Waals surface area (Å²) in [5, 5.41) is 3.98. The smallest absolute Gasteiger partial charge is 0.160 e. The molecule has 45 heavy (non-hydrogen) atoms. The molecule has 0 N–H and O–H groups in total. The summed E-state index contributed by atoms with van der Waals surface area (Å²) in [4.78, 5) is 15.4. The molecular weight excluding hydrogens is 548 g/mol. The SMILES string of the molecule is [2H]c1cc(-c2ccc3c(c2)c2ccccc2n3-c2ccccc2)nc2c1ccc1c(-c3ccccc3)nc(-c3ccccc3)nc12. The summed E-state index contributed by atoms with van der Waals surface area (Å²) in [7, 11) is 0. The van der Waals surface area contributed by atoms with Gasteiger partial charge in [0.05, 0.1) is 29.3 Å². The molecule has 0 radical (unpaired) electrons. The molecule has 0 spiro atoms. The Labute approximate surface area is 261 Å². The van der Waals surface area contributed by atoms with Gasteiger partial charge >= 0.3 is 0 Å². The first-order valence-corrected chi connectivity index (χ1v) is 15.0. The van der Waals surface area contributed by atoms with Crippen molar-refractivity contribution in [3.8, 4) is 39.6 Å². The third kappa shape index (κ3) is 4.19. The first-order valence-electron chi connectivity index (χ1n) is 15.5. The molecule has 6 aromatic carbocycles. The molecule has 9 aromatic rings. The Morgan fingerprint density at radius 3 is 1.96 bits per heavy atom. The van der Waals surface area contributed by atoms with E-state index in [0.29, 0.717) is 17.4 Å². The number of aromatic nitrogens is 4. The fourth-order valence-corrected chi connectivity index (χ4v) is 6.38. The molecule has 4 heteroatoms. The fourth-order valence-electron chi connectivity index (χ4n) is 6.38. The molecule has 0 atom stereocenters. The Kier molecular flexibility index (Phi) is 5.54. The van der Waals surface area contributed by atoms with Crippen LogP contribution in [0.5, 0.6) is 0 Å². The average molecular weight is 576 g/mol. The van der Waals surface area contributed by atoms with E-state index in [1.807, 2.05) is 72.8 Å². The fraction of sp³-hybridized carbons (Fsp3) is 0. The van der Waals surface area contributed by atoms with E-state index in [-0.39, 0.29) is 0 Å². The molecule has 0 fully saturated rings. The van der Waals surface area contributed by atoms with Crippen molar-refractivity contribution in [2.75, 3.05) is 0 Å². The van der Waals surface area contributed by atoms with Crippen molar-refractivity contribution in [2.24, 2.45) is 0 Å². The van der Waals surface area contributed by atoms with Gasteiger partial charge in [-0.25, -0.2) is 15.0 Å². The summed E-state index contributed by atoms with van der Waals surface area (Å²) in [6.45, 7) is 0. The first-order chi connectivity index (χ1) is 22.7. The van der Waals surface area contributed by atoms with Crippen LogP contribution in [0.3, 0.4) is 0 Å². The molecule has 210 valence electrons. The zero-order valence-electron chi connectivity index (χ0n) is 25.2. The van der Waals surface area contributed by atoms with Gasteiger partial charge in [-0.2, -0.15) is 0 Å². The van der Waals surface area contributed by atoms with Gasteiger partial charge in [0.2, 0.25) is 0 Å². The average Bonchev–Trinajstić information content (AvgIpc) is 3.46. The number of nitrogens with zero attached hydrogens (tertiary/aromatic N) is 4. The molecule has 3 aromatic heterocycles. The lowest BCUT2D eigenvalue weighted by Gasteiger charge is -2.12. The molecular formula is C41H26N4. The van der Waals surface area contributed by atoms with E-state index in [1.165, 1.54) is 5.39 Å². The summed E-state index contributed by atoms with van der Waals surface area (Å²) < 4.78 is 11.4. The zero-order chi connectivity index (χ0) is 30.6. The number of pyridine rings is 1. The number of rotatable bonds is 4. The largest absolute Gasteiger partial charge is 0.309 e. The molecule has 4 nitrogen and oxygen atoms in total. The number of fused-ring (bicyclic) bond motifs is 6. The zero-order valence-corrected chi connectivity index (χ0v) is 24.2. The van der Waals surface area contributed by atoms with Crippen LogP contribution in [-0.4, -0.2) is 19.5 Å². The molecule has 0 amide bonds. The van der Waals surface area contributed by atoms with Gasteiger partial charge < -0.3 is 4.57 Å². The van der Waals surface area contributed by atoms with Crippen LogP contribution in [0.1, 0.15) is 1.37 Å². The van der Waals surface area contributed by atoms with Crippen LogP contribution in [0, 0.1) is 0 Å². The van der Waals surface area contributed by atoms with E-state index in [4.69, 9.17) is 16.3 Å². The van der Waals surface area contributed by atoms with Crippen molar-refractivity contribution >= 4 is 43.6 Å². The second-order valence-corrected chi connectivity index (χ2v) is 11.2. The Morgan fingerprint density at radius 1 is 0.467 bits per heavy atom. The highest BCUT2D eigenvalue weighted by Gasteiger charge is 2.17. The van der Waals surface area contributed by atoms with Crippen molar-refractivity contribution in [1.29, 1.82) is 0 Å². The lowest BCUT2D eigenvalue weighted by atomic mass is 10.0. The molecule has 0 aliphatic carbocycles. The van der Waals surface area contributed by atoms with Crippen LogP contribution in [0.25, 0.3) is 83.2 Å². The maximum absolute atomic E-state index is 9.09. The molecule has 0 bridgehead atoms. The summed E-state index contributed by atoms with van der Waals surface area (Å²) in [5.41, 5.74) is 9.31. The molecule has 3 heterocycles. The molecule has 0 saturated carbocycles. The van der Waals surface area contributed by atoms with Crippen LogP contribution in [0.4, 0.5) is 0 Å². The minimum atomic E-state index is 0.412. The van der Waals surface area contributed by atoms with E-state index >= 15 is 0 Å². The van der Waals surface area contributed by atoms with Crippen molar-refractivity contribution in [1.82, 2.24) is 19.5 Å². The normalized spacial score (nSPS) is 11.9. The second-order valence-electron chi connectivity index (χ2n) is 11.2. The van der Waals surface area contributed by atoms with Gasteiger partial charge in [0.25, 0.3) is 0 Å². The third-order valence-corrected chi connectivity index (χ3v) is 8.50. The minimum absolute atomic E-state index is 0.412. The van der Waals surface area contributed by atoms with Gasteiger partial charge in [-0.1, -0.05) is 115 Å². The van der Waals surface area contributed by atoms with Gasteiger partial charge in [0, 0.05) is 43.9 Å². The van der Waals surface area contributed by atoms with Crippen molar-refractivity contribution in [3.63, 3.8) is 0 Å². The molecule has 0 unspecified atom stereocenters. The Balaban J connectivity index is 1.30. The van der Waals surface area contributed by atoms with Crippen LogP contribution >= 0.6 is 0 Å². The van der Waals surface area contributed by atoms with Crippen LogP contribution in [0.2, 0.25) is 0 Å². The number of para-hydroxylation sites is 2. The lowest BCUT2D eigenvalue weighted by molar-refractivity contribution is 1.18. The van der Waals surface area contributed by atoms with Crippen LogP contribution in [0.15, 0.2) is 158 Å². The molecule has 0 aliphatic rings. The second kappa shape index (κ2) is 10.2. The van der Waals surface area contributed by atoms with E-state index in [0.717, 1.165) is 66.5 Å². The Bertz CT molecular complexity index is 2580. The Hall–Kier alpha value is -6.13. The Morgan fingerprint density at radius 2 is 1.16 bits per heavy atom. The summed E-state index contributed by atoms with van der Waals surface area (Å²) in [6, 6.07) is 52.0. The monoisotopic (exact) mass is 575 g/mol. The highest BCUT2D eigenvalue weighted by atomic mass is 15.0. The predicted molar refractivity (Wildman–Crippen MR) is 185 cm³/mol. The molecule has 0 saturated heterocycles. The van der Waals surface area contributed by atoms with E-state index in [2.05, 4.69) is 83.4 Å². The lowest BCUT2D eigenvalue weighted by Crippen LogP contribution is -1.97. The highest BCUT2D eigenvalue weighted by molar-refractivity contribution is 6.11. The molecule has 0 aliphatic heterocycles. The third-order valence-electron chi connectivity index (χ3n) is 8.50. The standard InChI is InChI=1S/C41H26N4/c1-4-12-27(13-5-1)38-33-23-20-28-21-24-35(42-39(28)40(33)44-41(43-38)29-14-6-2-7-15-29)30-22-25-37-34(26-30)32-18-10-11-19-36(32)45(37)31-16-8-3-9-17-31/h1-26H/i21D. The van der Waals surface area contributed by atoms with Crippen molar-refractivity contribution in [2.45, 2.75) is 0 Å². The first kappa shape index (κ1) is 24.3. The van der Waals surface area contributed by atoms with Gasteiger partial charge in [0.1, 0.15) is 5.52 Å². The van der Waals surface area contributed by atoms with Crippen LogP contribution < -0.4 is 0 Å². The van der Waals surface area contributed by atoms with Gasteiger partial charge in [-0.15, -0.1) is 0 Å². The number of benzene rings is 6. The number of hydrogen-bond donors (Lipinski definition) is 0. The predicted octanol–water partition coefficient (Wildman–Crippen LogP) is 10.3. The maximum atomic E-state index is 9.09. The van der Waals surface area contributed by atoms with Gasteiger partial charge in [0.15, 0.2) is 5.82 Å². The van der Waals surface area contributed by atoms with E-state index in [1.54, 1.807) is 0 Å². The number of hydrogen-bond acceptors (Lipinski definition) is 3. The quantitative estimate of drug-likeness (QED) is 0.196. The topological polar surface area (TPSA) is 43.6 Å². The highest BCUT2D eigenvalue weighted by Crippen LogP contribution is 2.36. The molecule has 9 rings (SSSR count). The minimum Gasteiger partial charge on any atom is -0.309 e. The van der Waals surface area contributed by atoms with Gasteiger partial charge in [-0.05, 0) is 42.5 Å². The van der Waals surface area contributed by atoms with Gasteiger partial charge in [-0.3, -0.25) is 0 Å². The van der Waals surface area contributed by atoms with E-state index in [9.17, 15) is 0 Å². The summed E-state index contributed by atoms with van der Waals surface area (Å²) >= 11 is 0. The van der Waals surface area contributed by atoms with Crippen molar-refractivity contribution in [3.05, 3.63) is 158 Å². The van der Waals surface area contributed by atoms with Crippen LogP contribution in [-0.2, 0) is 0 Å². The summed E-state index contributed by atoms with van der Waals surface area (Å²) in [5.74, 6) is 0.633. The van der Waals surface area contributed by atoms with E-state index < -0.39 is 0 Å². The summed E-state index contributed by atoms with van der Waals surface area (Å²) in [6.07, 6.45) is 0.